The number of aromatic nitrogens is 3. The summed E-state index contributed by atoms with van der Waals surface area (Å²) in [5.74, 6) is -0.927. The fourth-order valence-corrected chi connectivity index (χ4v) is 8.24. The van der Waals surface area contributed by atoms with Crippen molar-refractivity contribution in [3.63, 3.8) is 0 Å². The van der Waals surface area contributed by atoms with Crippen LogP contribution in [0.2, 0.25) is 0 Å². The Morgan fingerprint density at radius 3 is 1.18 bits per heavy atom. The number of nitrogens with two attached hydrogens (primary N) is 1. The number of hydrogen-bond donors (Lipinski definition) is 5. The van der Waals surface area contributed by atoms with Gasteiger partial charge in [0.25, 0.3) is 0 Å². The Kier molecular flexibility index (Phi) is 28.8. The van der Waals surface area contributed by atoms with Gasteiger partial charge in [-0.05, 0) is 130 Å². The van der Waals surface area contributed by atoms with Gasteiger partial charge in [-0.15, -0.1) is 20.5 Å². The molecule has 0 atom stereocenters. The van der Waals surface area contributed by atoms with E-state index in [-0.39, 0.29) is 39.6 Å². The van der Waals surface area contributed by atoms with Crippen molar-refractivity contribution in [3.8, 4) is 18.2 Å². The second kappa shape index (κ2) is 35.1. The number of azo groups is 2. The molecule has 0 unspecified atom stereocenters. The zero-order valence-electron chi connectivity index (χ0n) is 43.9. The van der Waals surface area contributed by atoms with E-state index in [1.807, 2.05) is 75.4 Å². The molecule has 3 heterocycles. The number of para-hydroxylation sites is 1. The van der Waals surface area contributed by atoms with E-state index in [1.54, 1.807) is 58.9 Å². The van der Waals surface area contributed by atoms with Crippen LogP contribution in [0.5, 0.6) is 0 Å². The number of rotatable bonds is 23. The lowest BCUT2D eigenvalue weighted by atomic mass is 10.2. The fraction of sp³-hybridized carbons (Fsp3) is 0.321. The normalized spacial score (nSPS) is 10.3. The highest BCUT2D eigenvalue weighted by molar-refractivity contribution is 7.10. The van der Waals surface area contributed by atoms with Crippen molar-refractivity contribution in [2.45, 2.75) is 34.6 Å². The number of hydrogen-bond acceptors (Lipinski definition) is 25. The molecular formula is C53H62N14O8S3. The summed E-state index contributed by atoms with van der Waals surface area (Å²) >= 11 is 3.42. The molecule has 25 heteroatoms. The first-order valence-electron chi connectivity index (χ1n) is 23.8. The Bertz CT molecular complexity index is 2970. The minimum Gasteiger partial charge on any atom is -0.460 e. The molecule has 0 fully saturated rings. The molecule has 78 heavy (non-hydrogen) atoms. The monoisotopic (exact) mass is 1120 g/mol. The maximum atomic E-state index is 11.7. The summed E-state index contributed by atoms with van der Waals surface area (Å²) in [5, 5.41) is 80.3. The van der Waals surface area contributed by atoms with Gasteiger partial charge in [-0.25, -0.2) is 9.59 Å². The maximum Gasteiger partial charge on any atom is 0.333 e. The van der Waals surface area contributed by atoms with Gasteiger partial charge in [0, 0.05) is 54.4 Å². The fourth-order valence-electron chi connectivity index (χ4n) is 6.27. The zero-order chi connectivity index (χ0) is 57.4. The largest absolute Gasteiger partial charge is 0.460 e. The van der Waals surface area contributed by atoms with Gasteiger partial charge in [0.15, 0.2) is 10.0 Å². The molecular weight excluding hydrogens is 1060 g/mol. The molecule has 0 aliphatic heterocycles. The Morgan fingerprint density at radius 2 is 0.872 bits per heavy atom. The minimum absolute atomic E-state index is 0.0170. The predicted octanol–water partition coefficient (Wildman–Crippen LogP) is 8.70. The molecule has 0 aliphatic carbocycles. The highest BCUT2D eigenvalue weighted by Gasteiger charge is 2.14. The van der Waals surface area contributed by atoms with Gasteiger partial charge in [-0.3, -0.25) is 0 Å². The van der Waals surface area contributed by atoms with Crippen molar-refractivity contribution in [3.05, 3.63) is 137 Å². The molecule has 22 nitrogen and oxygen atoms in total. The smallest absolute Gasteiger partial charge is 0.333 e. The third-order valence-electron chi connectivity index (χ3n) is 10.3. The van der Waals surface area contributed by atoms with E-state index in [9.17, 15) is 14.9 Å². The van der Waals surface area contributed by atoms with E-state index < -0.39 is 11.9 Å². The lowest BCUT2D eigenvalue weighted by Crippen LogP contribution is -2.32. The molecule has 0 amide bonds. The second-order valence-electron chi connectivity index (χ2n) is 16.2. The van der Waals surface area contributed by atoms with Crippen LogP contribution in [0.4, 0.5) is 43.4 Å². The SMILES string of the molecule is C=C(C)C(=O)OCCN(CCOC(=O)C(=C)C)c1ccc(N=Nc2snc(C)c2C#N)cc1.Cc1nsc(N)c1C#N.Cc1nsc(N=Nc2ccc(N(CCO)CCO)cc2)c1C#N.OCCN(CCO)c1ccccc1. The zero-order valence-corrected chi connectivity index (χ0v) is 46.4. The first kappa shape index (κ1) is 64.0. The van der Waals surface area contributed by atoms with Gasteiger partial charge in [0.2, 0.25) is 0 Å². The maximum absolute atomic E-state index is 11.7. The van der Waals surface area contributed by atoms with Crippen molar-refractivity contribution < 1.29 is 39.5 Å². The van der Waals surface area contributed by atoms with Crippen LogP contribution in [-0.2, 0) is 19.1 Å². The number of benzene rings is 3. The van der Waals surface area contributed by atoms with Crippen LogP contribution in [0.1, 0.15) is 47.6 Å². The number of carbonyl (C=O) groups excluding carboxylic acids is 2. The quantitative estimate of drug-likeness (QED) is 0.0227. The summed E-state index contributed by atoms with van der Waals surface area (Å²) in [6, 6.07) is 30.4. The average Bonchev–Trinajstić information content (AvgIpc) is 4.12. The number of esters is 2. The molecule has 6 N–H and O–H groups in total. The topological polar surface area (TPSA) is 329 Å². The number of carbonyl (C=O) groups is 2. The lowest BCUT2D eigenvalue weighted by Gasteiger charge is -2.24. The van der Waals surface area contributed by atoms with Crippen LogP contribution in [0, 0.1) is 54.8 Å². The Hall–Kier alpha value is -8.32. The lowest BCUT2D eigenvalue weighted by molar-refractivity contribution is -0.139. The van der Waals surface area contributed by atoms with Gasteiger partial charge in [0.05, 0.1) is 68.0 Å². The number of aliphatic hydroxyl groups excluding tert-OH is 4. The van der Waals surface area contributed by atoms with Crippen molar-refractivity contribution >= 4 is 90.0 Å². The van der Waals surface area contributed by atoms with Crippen molar-refractivity contribution in [1.82, 2.24) is 13.1 Å². The Balaban J connectivity index is 0.000000304. The molecule has 0 aliphatic rings. The molecule has 6 rings (SSSR count). The van der Waals surface area contributed by atoms with E-state index in [0.717, 1.165) is 57.4 Å². The number of nitriles is 3. The highest BCUT2D eigenvalue weighted by atomic mass is 32.1. The second-order valence-corrected chi connectivity index (χ2v) is 18.5. The highest BCUT2D eigenvalue weighted by Crippen LogP contribution is 2.31. The number of aliphatic hydroxyl groups is 4. The number of anilines is 4. The number of aryl methyl sites for hydroxylation is 3. The van der Waals surface area contributed by atoms with Crippen LogP contribution in [0.3, 0.4) is 0 Å². The summed E-state index contributed by atoms with van der Waals surface area (Å²) in [5.41, 5.74) is 13.4. The number of nitrogens with zero attached hydrogens (tertiary/aromatic N) is 13. The number of nitrogen functional groups attached to an aromatic ring is 1. The molecule has 3 aromatic heterocycles. The summed E-state index contributed by atoms with van der Waals surface area (Å²) < 4.78 is 22.5. The molecule has 410 valence electrons. The average molecular weight is 1120 g/mol. The van der Waals surface area contributed by atoms with E-state index in [4.69, 9.17) is 46.2 Å². The summed E-state index contributed by atoms with van der Waals surface area (Å²) in [7, 11) is 0. The summed E-state index contributed by atoms with van der Waals surface area (Å²) in [6.07, 6.45) is 0. The molecule has 0 saturated heterocycles. The molecule has 0 spiro atoms. The van der Waals surface area contributed by atoms with Crippen molar-refractivity contribution in [2.24, 2.45) is 20.5 Å². The van der Waals surface area contributed by atoms with Crippen LogP contribution in [-0.4, -0.2) is 124 Å². The Labute approximate surface area is 465 Å². The van der Waals surface area contributed by atoms with Crippen molar-refractivity contribution in [2.75, 3.05) is 99.3 Å². The van der Waals surface area contributed by atoms with E-state index in [0.29, 0.717) is 105 Å². The molecule has 3 aromatic carbocycles. The van der Waals surface area contributed by atoms with E-state index in [2.05, 4.69) is 58.9 Å². The van der Waals surface area contributed by atoms with Gasteiger partial charge in [-0.1, -0.05) is 31.4 Å². The minimum atomic E-state index is -0.463. The molecule has 0 radical (unpaired) electrons. The van der Waals surface area contributed by atoms with Gasteiger partial charge < -0.3 is 50.3 Å². The van der Waals surface area contributed by atoms with Gasteiger partial charge >= 0.3 is 11.9 Å². The third-order valence-corrected chi connectivity index (χ3v) is 12.8. The number of ether oxygens (including phenoxy) is 2. The van der Waals surface area contributed by atoms with Crippen molar-refractivity contribution in [1.29, 1.82) is 15.8 Å². The van der Waals surface area contributed by atoms with Crippen LogP contribution in [0.15, 0.2) is 124 Å². The molecule has 0 bridgehead atoms. The summed E-state index contributed by atoms with van der Waals surface area (Å²) in [6.45, 7) is 18.9. The molecule has 0 saturated carbocycles. The van der Waals surface area contributed by atoms with E-state index in [1.165, 1.54) is 0 Å². The first-order chi connectivity index (χ1) is 37.5. The molecule has 6 aromatic rings. The van der Waals surface area contributed by atoms with Crippen LogP contribution >= 0.6 is 34.6 Å². The van der Waals surface area contributed by atoms with Gasteiger partial charge in [-0.2, -0.15) is 28.9 Å². The van der Waals surface area contributed by atoms with Crippen LogP contribution < -0.4 is 20.4 Å². The standard InChI is InChI=1S/C23H25N5O4S.C15H17N5O2S.C10H15NO2.C5H5N3S/c1-15(2)22(29)31-12-10-28(11-13-32-23(30)16(3)4)19-8-6-18(7-9-19)25-26-21-20(14-24)17(5)27-33-21;1-11-14(10-16)15(23-19-11)18-17-12-2-4-13(5-3-12)20(6-8-21)7-9-22;12-8-6-11(7-9-13)10-4-2-1-3-5-10;1-3-4(2-6)5(7)9-8-3/h6-9H,1,3,10-13H2,2,4-5H3;2-5,21-22H,6-9H2,1H3;1-5,12-13H,6-9H2;7H2,1H3. The third kappa shape index (κ3) is 21.4. The first-order valence-corrected chi connectivity index (χ1v) is 26.1. The summed E-state index contributed by atoms with van der Waals surface area (Å²) in [4.78, 5) is 29.0. The van der Waals surface area contributed by atoms with E-state index >= 15 is 0 Å². The predicted molar refractivity (Wildman–Crippen MR) is 303 cm³/mol. The van der Waals surface area contributed by atoms with Gasteiger partial charge in [0.1, 0.15) is 53.1 Å². The van der Waals surface area contributed by atoms with Crippen LogP contribution in [0.25, 0.3) is 0 Å². The Morgan fingerprint density at radius 1 is 0.538 bits per heavy atom.